The molecule has 9 heteroatoms. The summed E-state index contributed by atoms with van der Waals surface area (Å²) in [6.45, 7) is 1.92. The molecule has 0 atom stereocenters. The number of alkyl halides is 3. The maximum Gasteiger partial charge on any atom is 0.416 e. The molecule has 0 fully saturated rings. The van der Waals surface area contributed by atoms with E-state index in [-0.39, 0.29) is 5.56 Å². The van der Waals surface area contributed by atoms with Crippen molar-refractivity contribution in [2.45, 2.75) is 13.1 Å². The Morgan fingerprint density at radius 2 is 1.81 bits per heavy atom. The third-order valence-electron chi connectivity index (χ3n) is 4.91. The van der Waals surface area contributed by atoms with Gasteiger partial charge in [0.2, 0.25) is 5.95 Å². The van der Waals surface area contributed by atoms with Gasteiger partial charge in [-0.15, -0.1) is 0 Å². The first-order valence-corrected chi connectivity index (χ1v) is 9.65. The average molecular weight is 437 g/mol. The van der Waals surface area contributed by atoms with E-state index in [9.17, 15) is 18.0 Å². The summed E-state index contributed by atoms with van der Waals surface area (Å²) >= 11 is 0. The molecule has 0 aliphatic carbocycles. The fourth-order valence-electron chi connectivity index (χ4n) is 3.24. The number of hydrogen-bond donors (Lipinski definition) is 2. The first-order chi connectivity index (χ1) is 15.2. The van der Waals surface area contributed by atoms with Gasteiger partial charge in [-0.2, -0.15) is 18.2 Å². The van der Waals surface area contributed by atoms with Gasteiger partial charge in [-0.1, -0.05) is 12.1 Å². The highest BCUT2D eigenvalue weighted by Gasteiger charge is 2.30. The van der Waals surface area contributed by atoms with E-state index in [1.165, 1.54) is 12.1 Å². The van der Waals surface area contributed by atoms with Gasteiger partial charge < -0.3 is 10.6 Å². The van der Waals surface area contributed by atoms with Crippen molar-refractivity contribution in [1.82, 2.24) is 15.0 Å². The number of pyridine rings is 1. The van der Waals surface area contributed by atoms with E-state index >= 15 is 0 Å². The molecule has 2 aromatic heterocycles. The molecular formula is C23H18F3N5O. The number of nitrogens with zero attached hydrogens (tertiary/aromatic N) is 3. The van der Waals surface area contributed by atoms with Crippen LogP contribution in [-0.4, -0.2) is 27.9 Å². The second kappa shape index (κ2) is 8.26. The van der Waals surface area contributed by atoms with Crippen LogP contribution in [0, 0.1) is 6.92 Å². The summed E-state index contributed by atoms with van der Waals surface area (Å²) in [4.78, 5) is 25.4. The zero-order valence-electron chi connectivity index (χ0n) is 17.2. The lowest BCUT2D eigenvalue weighted by molar-refractivity contribution is -0.137. The first kappa shape index (κ1) is 21.2. The maximum absolute atomic E-state index is 12.9. The number of nitrogens with one attached hydrogen (secondary N) is 2. The molecular weight excluding hydrogens is 419 g/mol. The average Bonchev–Trinajstić information content (AvgIpc) is 2.79. The number of aromatic nitrogens is 3. The van der Waals surface area contributed by atoms with Gasteiger partial charge in [0.05, 0.1) is 5.56 Å². The molecule has 162 valence electrons. The van der Waals surface area contributed by atoms with Crippen LogP contribution in [0.25, 0.3) is 22.2 Å². The van der Waals surface area contributed by atoms with Gasteiger partial charge in [-0.25, -0.2) is 9.97 Å². The molecule has 2 N–H and O–H groups in total. The van der Waals surface area contributed by atoms with Crippen LogP contribution >= 0.6 is 0 Å². The number of carbonyl (C=O) groups is 1. The minimum Gasteiger partial charge on any atom is -0.357 e. The SMILES string of the molecule is CNc1ncc2cc(-c3cc(NC(=O)c4cccc(C(F)(F)F)c4)ccc3C)cnc2n1. The third-order valence-corrected chi connectivity index (χ3v) is 4.91. The van der Waals surface area contributed by atoms with Crippen LogP contribution in [0.2, 0.25) is 0 Å². The largest absolute Gasteiger partial charge is 0.416 e. The van der Waals surface area contributed by atoms with E-state index in [2.05, 4.69) is 25.6 Å². The summed E-state index contributed by atoms with van der Waals surface area (Å²) in [6.07, 6.45) is -1.18. The van der Waals surface area contributed by atoms with E-state index < -0.39 is 17.6 Å². The summed E-state index contributed by atoms with van der Waals surface area (Å²) in [7, 11) is 1.72. The zero-order valence-corrected chi connectivity index (χ0v) is 17.2. The third kappa shape index (κ3) is 4.36. The predicted molar refractivity (Wildman–Crippen MR) is 116 cm³/mol. The number of halogens is 3. The molecule has 0 aliphatic heterocycles. The lowest BCUT2D eigenvalue weighted by Gasteiger charge is -2.12. The summed E-state index contributed by atoms with van der Waals surface area (Å²) in [6, 6.07) is 11.5. The summed E-state index contributed by atoms with van der Waals surface area (Å²) < 4.78 is 38.8. The number of benzene rings is 2. The molecule has 2 heterocycles. The number of amides is 1. The van der Waals surface area contributed by atoms with Gasteiger partial charge >= 0.3 is 6.18 Å². The molecule has 0 saturated carbocycles. The predicted octanol–water partition coefficient (Wildman–Crippen LogP) is 5.31. The number of aryl methyl sites for hydroxylation is 1. The van der Waals surface area contributed by atoms with Gasteiger partial charge in [0.1, 0.15) is 0 Å². The highest BCUT2D eigenvalue weighted by molar-refractivity contribution is 6.04. The van der Waals surface area contributed by atoms with Gasteiger partial charge in [-0.3, -0.25) is 4.79 Å². The second-order valence-electron chi connectivity index (χ2n) is 7.14. The lowest BCUT2D eigenvalue weighted by atomic mass is 10.0. The van der Waals surface area contributed by atoms with Crippen LogP contribution in [0.5, 0.6) is 0 Å². The maximum atomic E-state index is 12.9. The highest BCUT2D eigenvalue weighted by Crippen LogP contribution is 2.31. The Hall–Kier alpha value is -4.01. The first-order valence-electron chi connectivity index (χ1n) is 9.65. The minimum absolute atomic E-state index is 0.0770. The Balaban J connectivity index is 1.63. The standard InChI is InChI=1S/C23H18F3N5O/c1-13-6-7-18(30-21(32)14-4-3-5-17(9-14)23(24,25)26)10-19(13)15-8-16-12-29-22(27-2)31-20(16)28-11-15/h3-12H,1-2H3,(H,30,32)(H,27,28,29,31). The molecule has 6 nitrogen and oxygen atoms in total. The van der Waals surface area contributed by atoms with E-state index in [0.29, 0.717) is 17.3 Å². The second-order valence-corrected chi connectivity index (χ2v) is 7.14. The highest BCUT2D eigenvalue weighted by atomic mass is 19.4. The Labute approximate surface area is 181 Å². The van der Waals surface area contributed by atoms with E-state index in [1.807, 2.05) is 19.1 Å². The Bertz CT molecular complexity index is 1320. The molecule has 0 saturated heterocycles. The van der Waals surface area contributed by atoms with Crippen LogP contribution < -0.4 is 10.6 Å². The molecule has 4 aromatic rings. The number of anilines is 2. The number of rotatable bonds is 4. The molecule has 0 bridgehead atoms. The van der Waals surface area contributed by atoms with Gasteiger partial charge in [0.15, 0.2) is 5.65 Å². The van der Waals surface area contributed by atoms with Crippen molar-refractivity contribution >= 4 is 28.6 Å². The zero-order chi connectivity index (χ0) is 22.9. The van der Waals surface area contributed by atoms with E-state index in [0.717, 1.165) is 34.2 Å². The van der Waals surface area contributed by atoms with Crippen LogP contribution in [0.15, 0.2) is 60.9 Å². The van der Waals surface area contributed by atoms with Crippen molar-refractivity contribution in [2.24, 2.45) is 0 Å². The normalized spacial score (nSPS) is 11.4. The number of carbonyl (C=O) groups excluding carboxylic acids is 1. The summed E-state index contributed by atoms with van der Waals surface area (Å²) in [5.41, 5.74) is 2.60. The van der Waals surface area contributed by atoms with Crippen LogP contribution in [0.4, 0.5) is 24.8 Å². The van der Waals surface area contributed by atoms with Crippen molar-refractivity contribution in [1.29, 1.82) is 0 Å². The van der Waals surface area contributed by atoms with E-state index in [4.69, 9.17) is 0 Å². The Morgan fingerprint density at radius 3 is 2.56 bits per heavy atom. The van der Waals surface area contributed by atoms with Gasteiger partial charge in [-0.05, 0) is 54.4 Å². The quantitative estimate of drug-likeness (QED) is 0.452. The molecule has 4 rings (SSSR count). The van der Waals surface area contributed by atoms with Crippen molar-refractivity contribution < 1.29 is 18.0 Å². The summed E-state index contributed by atoms with van der Waals surface area (Å²) in [5.74, 6) is -0.163. The molecule has 32 heavy (non-hydrogen) atoms. The van der Waals surface area contributed by atoms with Gasteiger partial charge in [0.25, 0.3) is 5.91 Å². The van der Waals surface area contributed by atoms with Crippen molar-refractivity contribution in [3.05, 3.63) is 77.6 Å². The number of fused-ring (bicyclic) bond motifs is 1. The lowest BCUT2D eigenvalue weighted by Crippen LogP contribution is -2.14. The van der Waals surface area contributed by atoms with Gasteiger partial charge in [0, 0.05) is 41.6 Å². The Kier molecular flexibility index (Phi) is 5.48. The molecule has 0 unspecified atom stereocenters. The molecule has 1 amide bonds. The number of hydrogen-bond acceptors (Lipinski definition) is 5. The van der Waals surface area contributed by atoms with Crippen LogP contribution in [-0.2, 0) is 6.18 Å². The topological polar surface area (TPSA) is 79.8 Å². The Morgan fingerprint density at radius 1 is 1.00 bits per heavy atom. The van der Waals surface area contributed by atoms with Crippen molar-refractivity contribution in [3.63, 3.8) is 0 Å². The molecule has 0 aliphatic rings. The molecule has 0 radical (unpaired) electrons. The monoisotopic (exact) mass is 437 g/mol. The fourth-order valence-corrected chi connectivity index (χ4v) is 3.24. The van der Waals surface area contributed by atoms with Crippen LogP contribution in [0.1, 0.15) is 21.5 Å². The fraction of sp³-hybridized carbons (Fsp3) is 0.130. The van der Waals surface area contributed by atoms with Crippen LogP contribution in [0.3, 0.4) is 0 Å². The smallest absolute Gasteiger partial charge is 0.357 e. The minimum atomic E-state index is -4.52. The molecule has 2 aromatic carbocycles. The summed E-state index contributed by atoms with van der Waals surface area (Å²) in [5, 5.41) is 6.28. The van der Waals surface area contributed by atoms with E-state index in [1.54, 1.807) is 31.6 Å². The van der Waals surface area contributed by atoms with Crippen molar-refractivity contribution in [2.75, 3.05) is 17.7 Å². The van der Waals surface area contributed by atoms with Crippen molar-refractivity contribution in [3.8, 4) is 11.1 Å². The molecule has 0 spiro atoms.